The fraction of sp³-hybridized carbons (Fsp3) is 0.364. The van der Waals surface area contributed by atoms with E-state index in [-0.39, 0.29) is 12.4 Å². The van der Waals surface area contributed by atoms with Crippen molar-refractivity contribution in [1.29, 1.82) is 0 Å². The van der Waals surface area contributed by atoms with Crippen LogP contribution in [-0.4, -0.2) is 24.8 Å². The Labute approximate surface area is 93.7 Å². The van der Waals surface area contributed by atoms with Crippen LogP contribution in [0.4, 0.5) is 0 Å². The van der Waals surface area contributed by atoms with Gasteiger partial charge >= 0.3 is 5.97 Å². The van der Waals surface area contributed by atoms with E-state index in [2.05, 4.69) is 4.84 Å². The highest BCUT2D eigenvalue weighted by Crippen LogP contribution is 2.27. The molecular weight excluding hydrogens is 210 g/mol. The van der Waals surface area contributed by atoms with Gasteiger partial charge in [-0.2, -0.15) is 0 Å². The van der Waals surface area contributed by atoms with Gasteiger partial charge < -0.3 is 14.7 Å². The van der Waals surface area contributed by atoms with E-state index in [1.165, 1.54) is 19.2 Å². The van der Waals surface area contributed by atoms with Crippen LogP contribution in [0.25, 0.3) is 0 Å². The summed E-state index contributed by atoms with van der Waals surface area (Å²) < 4.78 is 4.71. The van der Waals surface area contributed by atoms with Crippen molar-refractivity contribution < 1.29 is 19.5 Å². The molecule has 16 heavy (non-hydrogen) atoms. The topological polar surface area (TPSA) is 81.8 Å². The third kappa shape index (κ3) is 2.32. The maximum Gasteiger partial charge on any atom is 0.318 e. The Kier molecular flexibility index (Phi) is 3.87. The van der Waals surface area contributed by atoms with Gasteiger partial charge in [-0.15, -0.1) is 0 Å². The number of esters is 1. The van der Waals surface area contributed by atoms with Crippen LogP contribution >= 0.6 is 0 Å². The molecule has 3 N–H and O–H groups in total. The largest absolute Gasteiger partial charge is 0.508 e. The van der Waals surface area contributed by atoms with Gasteiger partial charge in [0.25, 0.3) is 0 Å². The van der Waals surface area contributed by atoms with Gasteiger partial charge in [0, 0.05) is 0 Å². The quantitative estimate of drug-likeness (QED) is 0.582. The molecule has 0 aromatic heterocycles. The number of carbonyl (C=O) groups is 1. The van der Waals surface area contributed by atoms with Gasteiger partial charge in [-0.05, 0) is 24.6 Å². The van der Waals surface area contributed by atoms with Crippen LogP contribution in [0.15, 0.2) is 24.3 Å². The van der Waals surface area contributed by atoms with Crippen molar-refractivity contribution in [2.75, 3.05) is 13.7 Å². The number of aromatic hydroxyl groups is 1. The zero-order chi connectivity index (χ0) is 12.2. The molecule has 1 atom stereocenters. The van der Waals surface area contributed by atoms with Gasteiger partial charge in [-0.25, -0.2) is 5.90 Å². The van der Waals surface area contributed by atoms with Crippen molar-refractivity contribution in [3.8, 4) is 5.75 Å². The Bertz CT molecular complexity index is 380. The molecule has 0 heterocycles. The molecule has 0 fully saturated rings. The molecule has 5 heteroatoms. The van der Waals surface area contributed by atoms with E-state index < -0.39 is 11.4 Å². The highest BCUT2D eigenvalue weighted by atomic mass is 16.6. The molecule has 1 aromatic rings. The lowest BCUT2D eigenvalue weighted by molar-refractivity contribution is -0.149. The molecule has 0 aliphatic rings. The first kappa shape index (κ1) is 12.5. The monoisotopic (exact) mass is 225 g/mol. The number of nitrogens with two attached hydrogens (primary N) is 1. The van der Waals surface area contributed by atoms with Gasteiger partial charge in [0.05, 0.1) is 13.7 Å². The van der Waals surface area contributed by atoms with Crippen LogP contribution in [0.2, 0.25) is 0 Å². The molecule has 0 spiro atoms. The molecule has 0 aliphatic heterocycles. The van der Waals surface area contributed by atoms with Crippen molar-refractivity contribution in [3.63, 3.8) is 0 Å². The second-order valence-corrected chi connectivity index (χ2v) is 3.69. The molecule has 0 radical (unpaired) electrons. The minimum absolute atomic E-state index is 0.0247. The zero-order valence-corrected chi connectivity index (χ0v) is 9.27. The predicted octanol–water partition coefficient (Wildman–Crippen LogP) is 0.713. The van der Waals surface area contributed by atoms with Crippen LogP contribution in [-0.2, 0) is 19.8 Å². The van der Waals surface area contributed by atoms with Crippen LogP contribution in [0.3, 0.4) is 0 Å². The van der Waals surface area contributed by atoms with Crippen molar-refractivity contribution in [1.82, 2.24) is 0 Å². The van der Waals surface area contributed by atoms with Crippen molar-refractivity contribution >= 4 is 5.97 Å². The number of methoxy groups -OCH3 is 1. The third-order valence-corrected chi connectivity index (χ3v) is 2.49. The molecule has 88 valence electrons. The summed E-state index contributed by atoms with van der Waals surface area (Å²) >= 11 is 0. The lowest BCUT2D eigenvalue weighted by Crippen LogP contribution is -2.39. The average Bonchev–Trinajstić information content (AvgIpc) is 2.28. The Balaban J connectivity index is 3.15. The molecule has 0 aliphatic carbocycles. The number of benzene rings is 1. The normalized spacial score (nSPS) is 14.2. The minimum Gasteiger partial charge on any atom is -0.508 e. The van der Waals surface area contributed by atoms with E-state index in [1.807, 2.05) is 0 Å². The lowest BCUT2D eigenvalue weighted by Gasteiger charge is -2.25. The van der Waals surface area contributed by atoms with Crippen molar-refractivity contribution in [2.24, 2.45) is 5.90 Å². The van der Waals surface area contributed by atoms with Crippen LogP contribution < -0.4 is 5.90 Å². The molecule has 0 saturated carbocycles. The number of rotatable bonds is 4. The first-order valence-corrected chi connectivity index (χ1v) is 4.74. The fourth-order valence-corrected chi connectivity index (χ4v) is 1.50. The molecule has 1 aromatic carbocycles. The summed E-state index contributed by atoms with van der Waals surface area (Å²) in [6.45, 7) is 1.61. The van der Waals surface area contributed by atoms with Crippen molar-refractivity contribution in [3.05, 3.63) is 29.8 Å². The van der Waals surface area contributed by atoms with Crippen LogP contribution in [0, 0.1) is 0 Å². The smallest absolute Gasteiger partial charge is 0.318 e. The van der Waals surface area contributed by atoms with E-state index in [9.17, 15) is 9.90 Å². The predicted molar refractivity (Wildman–Crippen MR) is 57.6 cm³/mol. The maximum atomic E-state index is 11.7. The van der Waals surface area contributed by atoms with Gasteiger partial charge in [-0.1, -0.05) is 12.1 Å². The third-order valence-electron chi connectivity index (χ3n) is 2.49. The minimum atomic E-state index is -1.03. The molecule has 5 nitrogen and oxygen atoms in total. The van der Waals surface area contributed by atoms with Gasteiger partial charge in [-0.3, -0.25) is 4.79 Å². The number of carbonyl (C=O) groups excluding carboxylic acids is 1. The van der Waals surface area contributed by atoms with E-state index in [1.54, 1.807) is 19.1 Å². The highest BCUT2D eigenvalue weighted by Gasteiger charge is 2.37. The van der Waals surface area contributed by atoms with Gasteiger partial charge in [0.1, 0.15) is 11.2 Å². The van der Waals surface area contributed by atoms with Gasteiger partial charge in [0.15, 0.2) is 0 Å². The number of ether oxygens (including phenoxy) is 1. The summed E-state index contributed by atoms with van der Waals surface area (Å²) in [4.78, 5) is 16.2. The average molecular weight is 225 g/mol. The number of hydrogen-bond donors (Lipinski definition) is 2. The summed E-state index contributed by atoms with van der Waals surface area (Å²) in [5.41, 5.74) is -0.438. The summed E-state index contributed by atoms with van der Waals surface area (Å²) in [5, 5.41) is 9.37. The Morgan fingerprint density at radius 3 is 2.75 bits per heavy atom. The van der Waals surface area contributed by atoms with E-state index >= 15 is 0 Å². The summed E-state index contributed by atoms with van der Waals surface area (Å²) in [5.74, 6) is 4.62. The zero-order valence-electron chi connectivity index (χ0n) is 9.27. The summed E-state index contributed by atoms with van der Waals surface area (Å²) in [7, 11) is 1.29. The SMILES string of the molecule is COC(=O)C(C)(CON)c1cccc(O)c1. The maximum absolute atomic E-state index is 11.7. The molecular formula is C11H15NO4. The van der Waals surface area contributed by atoms with Crippen LogP contribution in [0.5, 0.6) is 5.75 Å². The van der Waals surface area contributed by atoms with E-state index in [4.69, 9.17) is 10.6 Å². The number of hydrogen-bond acceptors (Lipinski definition) is 5. The Morgan fingerprint density at radius 1 is 1.56 bits per heavy atom. The lowest BCUT2D eigenvalue weighted by atomic mass is 9.83. The molecule has 0 bridgehead atoms. The van der Waals surface area contributed by atoms with Crippen molar-refractivity contribution in [2.45, 2.75) is 12.3 Å². The second kappa shape index (κ2) is 4.96. The summed E-state index contributed by atoms with van der Waals surface area (Å²) in [6.07, 6.45) is 0. The first-order valence-electron chi connectivity index (χ1n) is 4.74. The van der Waals surface area contributed by atoms with E-state index in [0.717, 1.165) is 0 Å². The number of phenolic OH excluding ortho intramolecular Hbond substituents is 1. The highest BCUT2D eigenvalue weighted by molar-refractivity contribution is 5.83. The molecule has 1 rings (SSSR count). The standard InChI is InChI=1S/C11H15NO4/c1-11(7-16-12,10(14)15-2)8-4-3-5-9(13)6-8/h3-6,13H,7,12H2,1-2H3. The van der Waals surface area contributed by atoms with Crippen LogP contribution in [0.1, 0.15) is 12.5 Å². The Morgan fingerprint density at radius 2 is 2.25 bits per heavy atom. The Hall–Kier alpha value is -1.59. The van der Waals surface area contributed by atoms with Gasteiger partial charge in [0.2, 0.25) is 0 Å². The van der Waals surface area contributed by atoms with E-state index in [0.29, 0.717) is 5.56 Å². The number of phenols is 1. The molecule has 1 unspecified atom stereocenters. The molecule has 0 amide bonds. The first-order chi connectivity index (χ1) is 7.54. The second-order valence-electron chi connectivity index (χ2n) is 3.69. The molecule has 0 saturated heterocycles. The fourth-order valence-electron chi connectivity index (χ4n) is 1.50. The summed E-state index contributed by atoms with van der Waals surface area (Å²) in [6, 6.07) is 6.35.